The first-order valence-electron chi connectivity index (χ1n) is 3.38. The van der Waals surface area contributed by atoms with Crippen LogP contribution in [-0.2, 0) is 14.3 Å². The lowest BCUT2D eigenvalue weighted by molar-refractivity contribution is -0.140. The molecule has 15 heavy (non-hydrogen) atoms. The van der Waals surface area contributed by atoms with Crippen LogP contribution < -0.4 is 0 Å². The predicted molar refractivity (Wildman–Crippen MR) is 59.3 cm³/mol. The van der Waals surface area contributed by atoms with E-state index in [1.54, 1.807) is 6.92 Å². The summed E-state index contributed by atoms with van der Waals surface area (Å²) in [6.45, 7) is 3.40. The zero-order valence-corrected chi connectivity index (χ0v) is 10.4. The zero-order chi connectivity index (χ0) is 12.4. The van der Waals surface area contributed by atoms with Gasteiger partial charge >= 0.3 is 5.97 Å². The van der Waals surface area contributed by atoms with Crippen molar-refractivity contribution >= 4 is 35.6 Å². The van der Waals surface area contributed by atoms with E-state index in [0.717, 1.165) is 7.11 Å². The molecule has 0 bridgehead atoms. The van der Waals surface area contributed by atoms with Crippen molar-refractivity contribution in [3.05, 3.63) is 0 Å². The van der Waals surface area contributed by atoms with Gasteiger partial charge in [-0.2, -0.15) is 0 Å². The van der Waals surface area contributed by atoms with Gasteiger partial charge in [-0.1, -0.05) is 0 Å². The van der Waals surface area contributed by atoms with Gasteiger partial charge < -0.3 is 20.4 Å². The predicted octanol–water partition coefficient (Wildman–Crippen LogP) is 0.475. The third kappa shape index (κ3) is 295. The highest BCUT2D eigenvalue weighted by atomic mass is 35.5. The monoisotopic (exact) mass is 268 g/mol. The minimum Gasteiger partial charge on any atom is -0.483 e. The number of carboxylic acid groups (broad SMARTS) is 1. The summed E-state index contributed by atoms with van der Waals surface area (Å²) < 4.78 is 4.40. The lowest BCUT2D eigenvalue weighted by Gasteiger charge is -1.89. The van der Waals surface area contributed by atoms with Gasteiger partial charge in [-0.3, -0.25) is 9.59 Å². The number of carbonyl (C=O) groups is 2. The lowest BCUT2D eigenvalue weighted by atomic mass is 10.8. The minimum absolute atomic E-state index is 0. The van der Waals surface area contributed by atoms with Crippen LogP contribution in [0.25, 0.3) is 0 Å². The van der Waals surface area contributed by atoms with E-state index in [2.05, 4.69) is 4.74 Å². The van der Waals surface area contributed by atoms with E-state index < -0.39 is 0 Å². The summed E-state index contributed by atoms with van der Waals surface area (Å²) in [5, 5.41) is 14.1. The number of carbonyl (C=O) groups excluding carboxylic acids is 1. The SMILES string of the molecule is CCOC(C)=O.CO.ClCCl.O.O=CO. The Bertz CT molecular complexity index is 101. The van der Waals surface area contributed by atoms with Crippen molar-refractivity contribution in [3.8, 4) is 0 Å². The summed E-state index contributed by atoms with van der Waals surface area (Å²) in [6, 6.07) is 0. The van der Waals surface area contributed by atoms with Crippen LogP contribution >= 0.6 is 23.2 Å². The third-order valence-electron chi connectivity index (χ3n) is 0.348. The molecule has 0 spiro atoms. The third-order valence-corrected chi connectivity index (χ3v) is 0.348. The molecule has 0 atom stereocenters. The summed E-state index contributed by atoms with van der Waals surface area (Å²) in [5.74, 6) is -0.211. The van der Waals surface area contributed by atoms with Crippen molar-refractivity contribution in [2.45, 2.75) is 13.8 Å². The molecule has 0 aliphatic carbocycles. The molecule has 8 heteroatoms. The second kappa shape index (κ2) is 50.1. The van der Waals surface area contributed by atoms with Crippen LogP contribution in [0.15, 0.2) is 0 Å². The largest absolute Gasteiger partial charge is 0.483 e. The molecule has 0 fully saturated rings. The number of hydrogen-bond donors (Lipinski definition) is 2. The smallest absolute Gasteiger partial charge is 0.302 e. The second-order valence-corrected chi connectivity index (χ2v) is 1.94. The van der Waals surface area contributed by atoms with Crippen molar-refractivity contribution in [2.24, 2.45) is 0 Å². The van der Waals surface area contributed by atoms with Crippen LogP contribution in [0, 0.1) is 0 Å². The maximum atomic E-state index is 9.82. The van der Waals surface area contributed by atoms with Gasteiger partial charge in [-0.05, 0) is 6.92 Å². The van der Waals surface area contributed by atoms with E-state index in [4.69, 9.17) is 38.2 Å². The van der Waals surface area contributed by atoms with E-state index in [1.807, 2.05) is 0 Å². The van der Waals surface area contributed by atoms with Gasteiger partial charge in [-0.15, -0.1) is 23.2 Å². The topological polar surface area (TPSA) is 115 Å². The maximum absolute atomic E-state index is 9.82. The van der Waals surface area contributed by atoms with E-state index in [9.17, 15) is 4.79 Å². The standard InChI is InChI=1S/C4H8O2.CH2Cl2.CH2O2.CH4O.H2O/c1-3-6-4(2)5;2*2-1-3;1-2;/h3H2,1-2H3;1H2;1H,(H,2,3);2H,1H3;1H2. The first kappa shape index (κ1) is 29.3. The molecular weight excluding hydrogens is 251 g/mol. The van der Waals surface area contributed by atoms with Crippen LogP contribution in [0.2, 0.25) is 0 Å². The van der Waals surface area contributed by atoms with E-state index >= 15 is 0 Å². The number of rotatable bonds is 1. The fourth-order valence-electron chi connectivity index (χ4n) is 0.203. The van der Waals surface area contributed by atoms with Crippen LogP contribution in [0.5, 0.6) is 0 Å². The molecule has 0 saturated heterocycles. The lowest BCUT2D eigenvalue weighted by Crippen LogP contribution is -1.95. The summed E-state index contributed by atoms with van der Waals surface area (Å²) in [7, 11) is 1.00. The van der Waals surface area contributed by atoms with Crippen molar-refractivity contribution in [2.75, 3.05) is 19.1 Å². The number of alkyl halides is 2. The normalized spacial score (nSPS) is 5.47. The molecule has 0 aromatic heterocycles. The molecule has 96 valence electrons. The van der Waals surface area contributed by atoms with Gasteiger partial charge in [0.1, 0.15) is 0 Å². The number of halogens is 2. The number of esters is 1. The van der Waals surface area contributed by atoms with Gasteiger partial charge in [0, 0.05) is 14.0 Å². The highest BCUT2D eigenvalue weighted by Gasteiger charge is 1.81. The fourth-order valence-corrected chi connectivity index (χ4v) is 0.203. The van der Waals surface area contributed by atoms with Crippen LogP contribution in [-0.4, -0.2) is 47.2 Å². The molecule has 0 aromatic rings. The fraction of sp³-hybridized carbons (Fsp3) is 0.714. The Labute approximate surface area is 99.1 Å². The van der Waals surface area contributed by atoms with Gasteiger partial charge in [0.05, 0.1) is 11.9 Å². The Kier molecular flexibility index (Phi) is 97.9. The highest BCUT2D eigenvalue weighted by Crippen LogP contribution is 1.73. The van der Waals surface area contributed by atoms with Gasteiger partial charge in [0.15, 0.2) is 0 Å². The van der Waals surface area contributed by atoms with Gasteiger partial charge in [-0.25, -0.2) is 0 Å². The molecule has 0 amide bonds. The minimum atomic E-state index is -0.250. The summed E-state index contributed by atoms with van der Waals surface area (Å²) >= 11 is 9.53. The van der Waals surface area contributed by atoms with Crippen LogP contribution in [0.3, 0.4) is 0 Å². The molecule has 6 nitrogen and oxygen atoms in total. The van der Waals surface area contributed by atoms with Crippen molar-refractivity contribution in [3.63, 3.8) is 0 Å². The molecule has 0 aliphatic rings. The molecule has 0 unspecified atom stereocenters. The van der Waals surface area contributed by atoms with Crippen LogP contribution in [0.4, 0.5) is 0 Å². The molecular formula is C7H18Cl2O6. The average Bonchev–Trinajstić information content (AvgIpc) is 2.10. The Morgan fingerprint density at radius 1 is 1.40 bits per heavy atom. The maximum Gasteiger partial charge on any atom is 0.302 e. The van der Waals surface area contributed by atoms with Gasteiger partial charge in [0.2, 0.25) is 0 Å². The zero-order valence-electron chi connectivity index (χ0n) is 8.87. The summed E-state index contributed by atoms with van der Waals surface area (Å²) in [5.41, 5.74) is 0. The number of hydrogen-bond acceptors (Lipinski definition) is 4. The quantitative estimate of drug-likeness (QED) is 0.408. The number of aliphatic hydroxyl groups excluding tert-OH is 1. The number of aliphatic hydroxyl groups is 1. The van der Waals surface area contributed by atoms with Gasteiger partial charge in [0.25, 0.3) is 6.47 Å². The first-order chi connectivity index (χ1) is 6.60. The number of ether oxygens (including phenoxy) is 1. The van der Waals surface area contributed by atoms with Crippen molar-refractivity contribution in [1.29, 1.82) is 0 Å². The molecule has 0 radical (unpaired) electrons. The Hall–Kier alpha value is -0.560. The molecule has 0 rings (SSSR count). The second-order valence-electron chi connectivity index (χ2n) is 1.13. The Balaban J connectivity index is -0.0000000322. The molecule has 0 heterocycles. The van der Waals surface area contributed by atoms with Crippen molar-refractivity contribution < 1.29 is 30.0 Å². The molecule has 0 aliphatic heterocycles. The Morgan fingerprint density at radius 3 is 1.60 bits per heavy atom. The first-order valence-corrected chi connectivity index (χ1v) is 4.45. The van der Waals surface area contributed by atoms with Crippen LogP contribution in [0.1, 0.15) is 13.8 Å². The summed E-state index contributed by atoms with van der Waals surface area (Å²) in [6.07, 6.45) is 0. The molecule has 0 saturated carbocycles. The molecule has 0 aromatic carbocycles. The Morgan fingerprint density at radius 2 is 1.60 bits per heavy atom. The van der Waals surface area contributed by atoms with Crippen molar-refractivity contribution in [1.82, 2.24) is 0 Å². The highest BCUT2D eigenvalue weighted by molar-refractivity contribution is 6.40. The van der Waals surface area contributed by atoms with E-state index in [-0.39, 0.29) is 23.3 Å². The average molecular weight is 269 g/mol. The van der Waals surface area contributed by atoms with E-state index in [1.165, 1.54) is 6.92 Å². The summed E-state index contributed by atoms with van der Waals surface area (Å²) in [4.78, 5) is 18.2. The molecule has 4 N–H and O–H groups in total. The van der Waals surface area contributed by atoms with E-state index in [0.29, 0.717) is 6.61 Å².